The summed E-state index contributed by atoms with van der Waals surface area (Å²) in [5.74, 6) is -0.0270. The Morgan fingerprint density at radius 3 is 2.76 bits per heavy atom. The van der Waals surface area contributed by atoms with E-state index in [4.69, 9.17) is 0 Å². The maximum Gasteiger partial charge on any atom is 0.273 e. The molecular formula is C14H18N4O3. The van der Waals surface area contributed by atoms with Gasteiger partial charge in [0, 0.05) is 23.6 Å². The normalized spacial score (nSPS) is 14.0. The number of hydrogen-bond donors (Lipinski definition) is 2. The SMILES string of the molecule is CCC(c1cc2nc[nH]c(=O)c2cc1[N+](=O)[O-])C(C)NC. The van der Waals surface area contributed by atoms with Gasteiger partial charge in [-0.2, -0.15) is 0 Å². The predicted octanol–water partition coefficient (Wildman–Crippen LogP) is 1.93. The highest BCUT2D eigenvalue weighted by Crippen LogP contribution is 2.33. The number of nitro groups is 1. The number of nitro benzene ring substituents is 1. The van der Waals surface area contributed by atoms with Crippen LogP contribution in [0.1, 0.15) is 31.7 Å². The van der Waals surface area contributed by atoms with Gasteiger partial charge < -0.3 is 10.3 Å². The van der Waals surface area contributed by atoms with Crippen molar-refractivity contribution in [3.63, 3.8) is 0 Å². The number of nitrogens with zero attached hydrogens (tertiary/aromatic N) is 2. The summed E-state index contributed by atoms with van der Waals surface area (Å²) in [5.41, 5.74) is 0.676. The predicted molar refractivity (Wildman–Crippen MR) is 80.6 cm³/mol. The van der Waals surface area contributed by atoms with Gasteiger partial charge in [-0.1, -0.05) is 6.92 Å². The van der Waals surface area contributed by atoms with Gasteiger partial charge >= 0.3 is 0 Å². The van der Waals surface area contributed by atoms with Crippen LogP contribution in [0.4, 0.5) is 5.69 Å². The molecule has 0 amide bonds. The first-order valence-electron chi connectivity index (χ1n) is 6.82. The van der Waals surface area contributed by atoms with Crippen LogP contribution in [0.2, 0.25) is 0 Å². The lowest BCUT2D eigenvalue weighted by atomic mass is 9.88. The molecule has 2 atom stereocenters. The molecule has 0 aliphatic carbocycles. The average molecular weight is 290 g/mol. The van der Waals surface area contributed by atoms with E-state index in [1.165, 1.54) is 12.4 Å². The van der Waals surface area contributed by atoms with Crippen molar-refractivity contribution in [2.75, 3.05) is 7.05 Å². The molecule has 2 N–H and O–H groups in total. The second kappa shape index (κ2) is 6.01. The van der Waals surface area contributed by atoms with E-state index in [0.717, 1.165) is 6.42 Å². The van der Waals surface area contributed by atoms with Crippen molar-refractivity contribution in [3.05, 3.63) is 44.5 Å². The summed E-state index contributed by atoms with van der Waals surface area (Å²) >= 11 is 0. The summed E-state index contributed by atoms with van der Waals surface area (Å²) in [6.07, 6.45) is 2.06. The van der Waals surface area contributed by atoms with E-state index in [9.17, 15) is 14.9 Å². The van der Waals surface area contributed by atoms with Crippen molar-refractivity contribution >= 4 is 16.6 Å². The number of aromatic nitrogens is 2. The lowest BCUT2D eigenvalue weighted by Gasteiger charge is -2.22. The van der Waals surface area contributed by atoms with Crippen LogP contribution in [0.3, 0.4) is 0 Å². The van der Waals surface area contributed by atoms with Crippen LogP contribution in [-0.2, 0) is 0 Å². The maximum atomic E-state index is 11.8. The van der Waals surface area contributed by atoms with Crippen molar-refractivity contribution in [2.45, 2.75) is 32.2 Å². The monoisotopic (exact) mass is 290 g/mol. The lowest BCUT2D eigenvalue weighted by molar-refractivity contribution is -0.385. The van der Waals surface area contributed by atoms with Crippen molar-refractivity contribution in [3.8, 4) is 0 Å². The molecule has 1 aromatic heterocycles. The number of aromatic amines is 1. The van der Waals surface area contributed by atoms with Crippen LogP contribution in [0.25, 0.3) is 10.9 Å². The van der Waals surface area contributed by atoms with Gasteiger partial charge in [0.2, 0.25) is 0 Å². The molecule has 0 saturated carbocycles. The third-order valence-corrected chi connectivity index (χ3v) is 3.88. The minimum absolute atomic E-state index is 0.0270. The minimum Gasteiger partial charge on any atom is -0.317 e. The van der Waals surface area contributed by atoms with E-state index >= 15 is 0 Å². The van der Waals surface area contributed by atoms with Crippen LogP contribution in [0.15, 0.2) is 23.3 Å². The van der Waals surface area contributed by atoms with Crippen molar-refractivity contribution in [1.82, 2.24) is 15.3 Å². The molecule has 0 bridgehead atoms. The molecule has 0 fully saturated rings. The Kier molecular flexibility index (Phi) is 4.32. The van der Waals surface area contributed by atoms with E-state index in [2.05, 4.69) is 15.3 Å². The molecular weight excluding hydrogens is 272 g/mol. The third-order valence-electron chi connectivity index (χ3n) is 3.88. The lowest BCUT2D eigenvalue weighted by Crippen LogP contribution is -2.29. The van der Waals surface area contributed by atoms with E-state index in [1.807, 2.05) is 20.9 Å². The Balaban J connectivity index is 2.74. The van der Waals surface area contributed by atoms with Crippen molar-refractivity contribution in [1.29, 1.82) is 0 Å². The Hall–Kier alpha value is -2.28. The summed E-state index contributed by atoms with van der Waals surface area (Å²) in [5, 5.41) is 14.7. The fourth-order valence-corrected chi connectivity index (χ4v) is 2.62. The third kappa shape index (κ3) is 2.78. The summed E-state index contributed by atoms with van der Waals surface area (Å²) < 4.78 is 0. The van der Waals surface area contributed by atoms with Gasteiger partial charge in [-0.05, 0) is 26.5 Å². The Morgan fingerprint density at radius 1 is 1.48 bits per heavy atom. The van der Waals surface area contributed by atoms with Crippen LogP contribution >= 0.6 is 0 Å². The summed E-state index contributed by atoms with van der Waals surface area (Å²) in [4.78, 5) is 29.2. The van der Waals surface area contributed by atoms with Crippen molar-refractivity contribution < 1.29 is 4.92 Å². The van der Waals surface area contributed by atoms with Crippen LogP contribution in [0, 0.1) is 10.1 Å². The molecule has 1 aromatic carbocycles. The first-order valence-corrected chi connectivity index (χ1v) is 6.82. The Bertz CT molecular complexity index is 726. The van der Waals surface area contributed by atoms with Crippen LogP contribution in [0.5, 0.6) is 0 Å². The molecule has 7 heteroatoms. The second-order valence-corrected chi connectivity index (χ2v) is 5.01. The number of nitrogens with one attached hydrogen (secondary N) is 2. The fraction of sp³-hybridized carbons (Fsp3) is 0.429. The first-order chi connectivity index (χ1) is 9.99. The highest BCUT2D eigenvalue weighted by atomic mass is 16.6. The molecule has 0 saturated heterocycles. The van der Waals surface area contributed by atoms with Gasteiger partial charge in [-0.15, -0.1) is 0 Å². The van der Waals surface area contributed by atoms with Gasteiger partial charge in [-0.3, -0.25) is 14.9 Å². The highest BCUT2D eigenvalue weighted by Gasteiger charge is 2.26. The number of benzene rings is 1. The highest BCUT2D eigenvalue weighted by molar-refractivity contribution is 5.81. The number of rotatable bonds is 5. The van der Waals surface area contributed by atoms with Gasteiger partial charge in [-0.25, -0.2) is 4.98 Å². The zero-order chi connectivity index (χ0) is 15.6. The summed E-state index contributed by atoms with van der Waals surface area (Å²) in [7, 11) is 1.82. The average Bonchev–Trinajstić information content (AvgIpc) is 2.47. The van der Waals surface area contributed by atoms with E-state index in [1.54, 1.807) is 6.07 Å². The van der Waals surface area contributed by atoms with E-state index in [0.29, 0.717) is 11.1 Å². The summed E-state index contributed by atoms with van der Waals surface area (Å²) in [6.45, 7) is 3.96. The van der Waals surface area contributed by atoms with Crippen molar-refractivity contribution in [2.24, 2.45) is 0 Å². The molecule has 0 spiro atoms. The molecule has 2 unspecified atom stereocenters. The van der Waals surface area contributed by atoms with Gasteiger partial charge in [0.15, 0.2) is 0 Å². The minimum atomic E-state index is -0.438. The zero-order valence-electron chi connectivity index (χ0n) is 12.2. The molecule has 7 nitrogen and oxygen atoms in total. The van der Waals surface area contributed by atoms with Gasteiger partial charge in [0.05, 0.1) is 22.2 Å². The topological polar surface area (TPSA) is 101 Å². The number of likely N-dealkylation sites (N-methyl/N-ethyl adjacent to an activating group) is 1. The molecule has 112 valence electrons. The Morgan fingerprint density at radius 2 is 2.19 bits per heavy atom. The largest absolute Gasteiger partial charge is 0.317 e. The Labute approximate surface area is 121 Å². The quantitative estimate of drug-likeness (QED) is 0.647. The first kappa shape index (κ1) is 15.1. The number of H-pyrrole nitrogens is 1. The fourth-order valence-electron chi connectivity index (χ4n) is 2.62. The smallest absolute Gasteiger partial charge is 0.273 e. The van der Waals surface area contributed by atoms with Gasteiger partial charge in [0.25, 0.3) is 11.2 Å². The van der Waals surface area contributed by atoms with E-state index in [-0.39, 0.29) is 28.6 Å². The number of fused-ring (bicyclic) bond motifs is 1. The van der Waals surface area contributed by atoms with E-state index < -0.39 is 4.92 Å². The molecule has 0 aliphatic rings. The van der Waals surface area contributed by atoms with Crippen LogP contribution < -0.4 is 10.9 Å². The van der Waals surface area contributed by atoms with Crippen LogP contribution in [-0.4, -0.2) is 28.0 Å². The summed E-state index contributed by atoms with van der Waals surface area (Å²) in [6, 6.07) is 3.06. The number of hydrogen-bond acceptors (Lipinski definition) is 5. The molecule has 0 aliphatic heterocycles. The maximum absolute atomic E-state index is 11.8. The molecule has 21 heavy (non-hydrogen) atoms. The standard InChI is InChI=1S/C14H18N4O3/c1-4-9(8(2)15-3)10-5-12-11(6-13(10)18(20)21)14(19)17-7-16-12/h5-9,15H,4H2,1-3H3,(H,16,17,19). The molecule has 1 heterocycles. The molecule has 2 aromatic rings. The second-order valence-electron chi connectivity index (χ2n) is 5.01. The zero-order valence-corrected chi connectivity index (χ0v) is 12.2. The molecule has 0 radical (unpaired) electrons. The molecule has 2 rings (SSSR count). The van der Waals surface area contributed by atoms with Gasteiger partial charge in [0.1, 0.15) is 0 Å².